The molecule has 0 radical (unpaired) electrons. The maximum Gasteiger partial charge on any atom is 0.161 e. The molecule has 2 aliphatic rings. The molecule has 3 heterocycles. The second-order valence-electron chi connectivity index (χ2n) is 8.25. The van der Waals surface area contributed by atoms with E-state index in [1.54, 1.807) is 0 Å². The van der Waals surface area contributed by atoms with Crippen LogP contribution >= 0.6 is 11.6 Å². The second kappa shape index (κ2) is 8.34. The molecule has 6 nitrogen and oxygen atoms in total. The predicted molar refractivity (Wildman–Crippen MR) is 119 cm³/mol. The summed E-state index contributed by atoms with van der Waals surface area (Å²) < 4.78 is 2.17. The van der Waals surface area contributed by atoms with Crippen molar-refractivity contribution in [1.82, 2.24) is 24.7 Å². The number of nitrogens with zero attached hydrogens (tertiary/aromatic N) is 6. The standard InChI is InChI=1S/C23H27ClN6/c1-2-29-15-25-28-22(29)16-10-12-30(13-11-16)23-19-8-3-4-9-20(19)26-21(27-23)17-6-5-7-18(24)14-17/h5-7,14-16H,2-4,8-13H2,1H3. The van der Waals surface area contributed by atoms with E-state index in [2.05, 4.69) is 26.6 Å². The zero-order chi connectivity index (χ0) is 20.5. The number of halogens is 1. The van der Waals surface area contributed by atoms with Crippen molar-refractivity contribution in [3.63, 3.8) is 0 Å². The Bertz CT molecular complexity index is 1040. The number of aryl methyl sites for hydroxylation is 2. The van der Waals surface area contributed by atoms with Crippen LogP contribution in [0.4, 0.5) is 5.82 Å². The second-order valence-corrected chi connectivity index (χ2v) is 8.69. The van der Waals surface area contributed by atoms with Crippen molar-refractivity contribution >= 4 is 17.4 Å². The van der Waals surface area contributed by atoms with Crippen molar-refractivity contribution in [3.05, 3.63) is 52.7 Å². The van der Waals surface area contributed by atoms with Crippen LogP contribution < -0.4 is 4.90 Å². The van der Waals surface area contributed by atoms with Crippen LogP contribution in [0.1, 0.15) is 55.6 Å². The van der Waals surface area contributed by atoms with Crippen LogP contribution in [0.25, 0.3) is 11.4 Å². The van der Waals surface area contributed by atoms with Gasteiger partial charge in [-0.2, -0.15) is 0 Å². The molecule has 1 aliphatic heterocycles. The number of piperidine rings is 1. The number of fused-ring (bicyclic) bond motifs is 1. The van der Waals surface area contributed by atoms with Gasteiger partial charge in [0, 0.05) is 47.4 Å². The summed E-state index contributed by atoms with van der Waals surface area (Å²) in [5, 5.41) is 9.24. The largest absolute Gasteiger partial charge is 0.356 e. The highest BCUT2D eigenvalue weighted by atomic mass is 35.5. The van der Waals surface area contributed by atoms with Crippen molar-refractivity contribution in [2.45, 2.75) is 57.9 Å². The van der Waals surface area contributed by atoms with Crippen molar-refractivity contribution in [2.24, 2.45) is 0 Å². The van der Waals surface area contributed by atoms with Gasteiger partial charge in [-0.25, -0.2) is 9.97 Å². The number of anilines is 1. The Morgan fingerprint density at radius 3 is 2.73 bits per heavy atom. The van der Waals surface area contributed by atoms with Crippen LogP contribution in [0.2, 0.25) is 5.02 Å². The Kier molecular flexibility index (Phi) is 5.42. The average molecular weight is 423 g/mol. The molecule has 156 valence electrons. The highest BCUT2D eigenvalue weighted by molar-refractivity contribution is 6.30. The SMILES string of the molecule is CCn1cnnc1C1CCN(c2nc(-c3cccc(Cl)c3)nc3c2CCCC3)CC1. The van der Waals surface area contributed by atoms with E-state index in [1.807, 2.05) is 30.6 Å². The molecule has 0 N–H and O–H groups in total. The first-order valence-corrected chi connectivity index (χ1v) is 11.4. The molecule has 0 bridgehead atoms. The topological polar surface area (TPSA) is 59.7 Å². The van der Waals surface area contributed by atoms with Gasteiger partial charge in [-0.3, -0.25) is 0 Å². The molecule has 5 rings (SSSR count). The molecule has 1 aromatic carbocycles. The highest BCUT2D eigenvalue weighted by Crippen LogP contribution is 2.35. The van der Waals surface area contributed by atoms with E-state index in [0.717, 1.165) is 73.4 Å². The van der Waals surface area contributed by atoms with Crippen molar-refractivity contribution in [3.8, 4) is 11.4 Å². The summed E-state index contributed by atoms with van der Waals surface area (Å²) in [5.74, 6) is 3.52. The number of hydrogen-bond acceptors (Lipinski definition) is 5. The molecule has 1 fully saturated rings. The van der Waals surface area contributed by atoms with Gasteiger partial charge in [-0.05, 0) is 57.6 Å². The van der Waals surface area contributed by atoms with E-state index in [1.165, 1.54) is 24.1 Å². The van der Waals surface area contributed by atoms with E-state index in [9.17, 15) is 0 Å². The maximum absolute atomic E-state index is 6.24. The summed E-state index contributed by atoms with van der Waals surface area (Å²) in [6, 6.07) is 7.86. The van der Waals surface area contributed by atoms with Crippen molar-refractivity contribution in [2.75, 3.05) is 18.0 Å². The summed E-state index contributed by atoms with van der Waals surface area (Å²) in [4.78, 5) is 12.5. The third-order valence-corrected chi connectivity index (χ3v) is 6.63. The summed E-state index contributed by atoms with van der Waals surface area (Å²) in [7, 11) is 0. The molecule has 3 aromatic rings. The van der Waals surface area contributed by atoms with Gasteiger partial charge in [0.15, 0.2) is 5.82 Å². The minimum absolute atomic E-state index is 0.466. The lowest BCUT2D eigenvalue weighted by atomic mass is 9.93. The lowest BCUT2D eigenvalue weighted by Crippen LogP contribution is -2.35. The Hall–Kier alpha value is -2.47. The molecule has 0 amide bonds. The first kappa shape index (κ1) is 19.5. The van der Waals surface area contributed by atoms with E-state index >= 15 is 0 Å². The first-order valence-electron chi connectivity index (χ1n) is 11.0. The average Bonchev–Trinajstić information content (AvgIpc) is 3.27. The minimum atomic E-state index is 0.466. The first-order chi connectivity index (χ1) is 14.7. The molecule has 1 saturated heterocycles. The van der Waals surface area contributed by atoms with Crippen LogP contribution in [-0.4, -0.2) is 37.8 Å². The Morgan fingerprint density at radius 1 is 1.10 bits per heavy atom. The molecular formula is C23H27ClN6. The molecular weight excluding hydrogens is 396 g/mol. The summed E-state index contributed by atoms with van der Waals surface area (Å²) in [5.41, 5.74) is 3.55. The van der Waals surface area contributed by atoms with Crippen LogP contribution in [-0.2, 0) is 19.4 Å². The molecule has 0 atom stereocenters. The third-order valence-electron chi connectivity index (χ3n) is 6.39. The van der Waals surface area contributed by atoms with Gasteiger partial charge in [0.25, 0.3) is 0 Å². The summed E-state index contributed by atoms with van der Waals surface area (Å²) >= 11 is 6.24. The lowest BCUT2D eigenvalue weighted by molar-refractivity contribution is 0.463. The van der Waals surface area contributed by atoms with Crippen LogP contribution in [0.3, 0.4) is 0 Å². The molecule has 2 aromatic heterocycles. The zero-order valence-corrected chi connectivity index (χ0v) is 18.1. The molecule has 0 unspecified atom stereocenters. The number of rotatable bonds is 4. The summed E-state index contributed by atoms with van der Waals surface area (Å²) in [6.45, 7) is 5.04. The van der Waals surface area contributed by atoms with E-state index in [0.29, 0.717) is 5.92 Å². The van der Waals surface area contributed by atoms with Crippen molar-refractivity contribution in [1.29, 1.82) is 0 Å². The Balaban J connectivity index is 1.44. The smallest absolute Gasteiger partial charge is 0.161 e. The predicted octanol–water partition coefficient (Wildman–Crippen LogP) is 4.67. The third kappa shape index (κ3) is 3.69. The van der Waals surface area contributed by atoms with Gasteiger partial charge in [0.1, 0.15) is 18.0 Å². The fraction of sp³-hybridized carbons (Fsp3) is 0.478. The molecule has 1 aliphatic carbocycles. The minimum Gasteiger partial charge on any atom is -0.356 e. The maximum atomic E-state index is 6.24. The van der Waals surface area contributed by atoms with E-state index in [-0.39, 0.29) is 0 Å². The van der Waals surface area contributed by atoms with Gasteiger partial charge in [0.2, 0.25) is 0 Å². The molecule has 0 saturated carbocycles. The Morgan fingerprint density at radius 2 is 1.93 bits per heavy atom. The number of hydrogen-bond donors (Lipinski definition) is 0. The van der Waals surface area contributed by atoms with Gasteiger partial charge in [-0.15, -0.1) is 10.2 Å². The van der Waals surface area contributed by atoms with Gasteiger partial charge < -0.3 is 9.47 Å². The van der Waals surface area contributed by atoms with Crippen molar-refractivity contribution < 1.29 is 0 Å². The quantitative estimate of drug-likeness (QED) is 0.611. The molecule has 7 heteroatoms. The van der Waals surface area contributed by atoms with E-state index in [4.69, 9.17) is 21.6 Å². The molecule has 30 heavy (non-hydrogen) atoms. The fourth-order valence-electron chi connectivity index (χ4n) is 4.77. The van der Waals surface area contributed by atoms with Crippen LogP contribution in [0, 0.1) is 0 Å². The normalized spacial score (nSPS) is 17.2. The van der Waals surface area contributed by atoms with Gasteiger partial charge >= 0.3 is 0 Å². The molecule has 0 spiro atoms. The van der Waals surface area contributed by atoms with Gasteiger partial charge in [0.05, 0.1) is 0 Å². The fourth-order valence-corrected chi connectivity index (χ4v) is 4.96. The van der Waals surface area contributed by atoms with Crippen LogP contribution in [0.15, 0.2) is 30.6 Å². The van der Waals surface area contributed by atoms with E-state index < -0.39 is 0 Å². The lowest BCUT2D eigenvalue weighted by Gasteiger charge is -2.34. The van der Waals surface area contributed by atoms with Gasteiger partial charge in [-0.1, -0.05) is 23.7 Å². The monoisotopic (exact) mass is 422 g/mol. The zero-order valence-electron chi connectivity index (χ0n) is 17.4. The number of benzene rings is 1. The Labute approximate surface area is 182 Å². The van der Waals surface area contributed by atoms with Crippen LogP contribution in [0.5, 0.6) is 0 Å². The number of aromatic nitrogens is 5. The highest BCUT2D eigenvalue weighted by Gasteiger charge is 2.28. The summed E-state index contributed by atoms with van der Waals surface area (Å²) in [6.07, 6.45) is 8.52.